The van der Waals surface area contributed by atoms with Crippen LogP contribution in [0.15, 0.2) is 45.6 Å². The molecule has 23 heavy (non-hydrogen) atoms. The highest BCUT2D eigenvalue weighted by Gasteiger charge is 2.23. The van der Waals surface area contributed by atoms with Crippen molar-refractivity contribution in [3.05, 3.63) is 62.4 Å². The van der Waals surface area contributed by atoms with Crippen LogP contribution in [-0.4, -0.2) is 22.3 Å². The van der Waals surface area contributed by atoms with Crippen molar-refractivity contribution in [3.63, 3.8) is 0 Å². The van der Waals surface area contributed by atoms with Crippen LogP contribution in [-0.2, 0) is 17.8 Å². The first-order chi connectivity index (χ1) is 11.2. The number of hydrogen-bond acceptors (Lipinski definition) is 2. The molecule has 1 N–H and O–H groups in total. The summed E-state index contributed by atoms with van der Waals surface area (Å²) in [6.45, 7) is 1.42. The van der Waals surface area contributed by atoms with Crippen LogP contribution in [0.5, 0.6) is 0 Å². The molecule has 4 rings (SSSR count). The van der Waals surface area contributed by atoms with Gasteiger partial charge in [0.15, 0.2) is 0 Å². The molecule has 3 nitrogen and oxygen atoms in total. The number of hydrogen-bond donors (Lipinski definition) is 1. The Bertz CT molecular complexity index is 895. The SMILES string of the molecule is O=C(C=Cc1ccsc1)N1CCc2[nH]c3c(Br)cccc3c2C1. The summed E-state index contributed by atoms with van der Waals surface area (Å²) in [5, 5.41) is 5.25. The molecule has 1 amide bonds. The number of amides is 1. The highest BCUT2D eigenvalue weighted by Crippen LogP contribution is 2.31. The molecule has 1 aliphatic rings. The van der Waals surface area contributed by atoms with Crippen molar-refractivity contribution in [2.45, 2.75) is 13.0 Å². The van der Waals surface area contributed by atoms with E-state index >= 15 is 0 Å². The molecular weight excluding hydrogens is 372 g/mol. The van der Waals surface area contributed by atoms with E-state index in [1.54, 1.807) is 17.4 Å². The van der Waals surface area contributed by atoms with Gasteiger partial charge in [-0.1, -0.05) is 12.1 Å². The topological polar surface area (TPSA) is 36.1 Å². The van der Waals surface area contributed by atoms with Gasteiger partial charge in [-0.3, -0.25) is 4.79 Å². The summed E-state index contributed by atoms with van der Waals surface area (Å²) in [6, 6.07) is 8.21. The molecule has 116 valence electrons. The quantitative estimate of drug-likeness (QED) is 0.642. The van der Waals surface area contributed by atoms with Crippen LogP contribution in [0.3, 0.4) is 0 Å². The van der Waals surface area contributed by atoms with Crippen LogP contribution in [0.25, 0.3) is 17.0 Å². The van der Waals surface area contributed by atoms with Gasteiger partial charge in [-0.2, -0.15) is 11.3 Å². The lowest BCUT2D eigenvalue weighted by Gasteiger charge is -2.26. The Morgan fingerprint density at radius 2 is 2.26 bits per heavy atom. The average Bonchev–Trinajstić information content (AvgIpc) is 3.20. The van der Waals surface area contributed by atoms with Gasteiger partial charge in [-0.05, 0) is 50.5 Å². The molecule has 5 heteroatoms. The minimum absolute atomic E-state index is 0.0752. The summed E-state index contributed by atoms with van der Waals surface area (Å²) in [5.41, 5.74) is 4.69. The third-order valence-electron chi connectivity index (χ3n) is 4.23. The Kier molecular flexibility index (Phi) is 3.83. The molecule has 3 aromatic rings. The fourth-order valence-corrected chi connectivity index (χ4v) is 4.13. The number of nitrogens with one attached hydrogen (secondary N) is 1. The number of halogens is 1. The van der Waals surface area contributed by atoms with Crippen LogP contribution >= 0.6 is 27.3 Å². The fourth-order valence-electron chi connectivity index (χ4n) is 3.03. The zero-order chi connectivity index (χ0) is 15.8. The number of benzene rings is 1. The van der Waals surface area contributed by atoms with Crippen molar-refractivity contribution in [1.82, 2.24) is 9.88 Å². The smallest absolute Gasteiger partial charge is 0.246 e. The van der Waals surface area contributed by atoms with E-state index < -0.39 is 0 Å². The number of H-pyrrole nitrogens is 1. The summed E-state index contributed by atoms with van der Waals surface area (Å²) in [4.78, 5) is 17.9. The van der Waals surface area contributed by atoms with Crippen molar-refractivity contribution in [2.75, 3.05) is 6.54 Å². The van der Waals surface area contributed by atoms with Gasteiger partial charge >= 0.3 is 0 Å². The van der Waals surface area contributed by atoms with Crippen molar-refractivity contribution < 1.29 is 4.79 Å². The second kappa shape index (κ2) is 5.98. The maximum absolute atomic E-state index is 12.5. The van der Waals surface area contributed by atoms with E-state index in [1.807, 2.05) is 39.9 Å². The van der Waals surface area contributed by atoms with Gasteiger partial charge in [0.05, 0.1) is 5.52 Å². The molecule has 0 unspecified atom stereocenters. The molecule has 1 aliphatic heterocycles. The predicted molar refractivity (Wildman–Crippen MR) is 98.5 cm³/mol. The second-order valence-electron chi connectivity index (χ2n) is 5.64. The summed E-state index contributed by atoms with van der Waals surface area (Å²) in [5.74, 6) is 0.0752. The van der Waals surface area contributed by atoms with Crippen molar-refractivity contribution in [2.24, 2.45) is 0 Å². The zero-order valence-electron chi connectivity index (χ0n) is 12.4. The number of carbonyl (C=O) groups excluding carboxylic acids is 1. The lowest BCUT2D eigenvalue weighted by atomic mass is 10.0. The largest absolute Gasteiger partial charge is 0.357 e. The highest BCUT2D eigenvalue weighted by atomic mass is 79.9. The lowest BCUT2D eigenvalue weighted by Crippen LogP contribution is -2.34. The molecule has 0 saturated heterocycles. The van der Waals surface area contributed by atoms with Crippen LogP contribution in [0.1, 0.15) is 16.8 Å². The minimum Gasteiger partial charge on any atom is -0.357 e. The maximum atomic E-state index is 12.5. The number of carbonyl (C=O) groups is 1. The number of aromatic amines is 1. The molecular formula is C18H15BrN2OS. The van der Waals surface area contributed by atoms with Gasteiger partial charge < -0.3 is 9.88 Å². The van der Waals surface area contributed by atoms with E-state index in [-0.39, 0.29) is 5.91 Å². The van der Waals surface area contributed by atoms with Gasteiger partial charge in [-0.25, -0.2) is 0 Å². The number of nitrogens with zero attached hydrogens (tertiary/aromatic N) is 1. The van der Waals surface area contributed by atoms with E-state index in [9.17, 15) is 4.79 Å². The fraction of sp³-hybridized carbons (Fsp3) is 0.167. The van der Waals surface area contributed by atoms with Crippen LogP contribution in [0.4, 0.5) is 0 Å². The first-order valence-electron chi connectivity index (χ1n) is 7.49. The molecule has 3 heterocycles. The summed E-state index contributed by atoms with van der Waals surface area (Å²) in [7, 11) is 0. The summed E-state index contributed by atoms with van der Waals surface area (Å²) in [6.07, 6.45) is 4.44. The molecule has 0 bridgehead atoms. The molecule has 0 radical (unpaired) electrons. The monoisotopic (exact) mass is 386 g/mol. The third-order valence-corrected chi connectivity index (χ3v) is 5.60. The average molecular weight is 387 g/mol. The van der Waals surface area contributed by atoms with E-state index in [2.05, 4.69) is 27.0 Å². The molecule has 1 aromatic carbocycles. The van der Waals surface area contributed by atoms with Gasteiger partial charge in [0.2, 0.25) is 5.91 Å². The van der Waals surface area contributed by atoms with Crippen molar-refractivity contribution in [1.29, 1.82) is 0 Å². The number of rotatable bonds is 2. The lowest BCUT2D eigenvalue weighted by molar-refractivity contribution is -0.126. The van der Waals surface area contributed by atoms with E-state index in [4.69, 9.17) is 0 Å². The zero-order valence-corrected chi connectivity index (χ0v) is 14.8. The molecule has 0 saturated carbocycles. The standard InChI is InChI=1S/C18H15BrN2OS/c19-15-3-1-2-13-14-10-21(8-6-16(14)20-18(13)15)17(22)5-4-12-7-9-23-11-12/h1-5,7,9,11,20H,6,8,10H2. The summed E-state index contributed by atoms with van der Waals surface area (Å²) >= 11 is 5.23. The van der Waals surface area contributed by atoms with Crippen molar-refractivity contribution in [3.8, 4) is 0 Å². The maximum Gasteiger partial charge on any atom is 0.246 e. The number of thiophene rings is 1. The first-order valence-corrected chi connectivity index (χ1v) is 9.23. The highest BCUT2D eigenvalue weighted by molar-refractivity contribution is 9.10. The van der Waals surface area contributed by atoms with Crippen LogP contribution in [0.2, 0.25) is 0 Å². The van der Waals surface area contributed by atoms with Gasteiger partial charge in [0.25, 0.3) is 0 Å². The Morgan fingerprint density at radius 3 is 3.09 bits per heavy atom. The number of aromatic nitrogens is 1. The molecule has 0 fully saturated rings. The number of fused-ring (bicyclic) bond motifs is 3. The van der Waals surface area contributed by atoms with Gasteiger partial charge in [0, 0.05) is 46.7 Å². The number of para-hydroxylation sites is 1. The Morgan fingerprint density at radius 1 is 1.35 bits per heavy atom. The minimum atomic E-state index is 0.0752. The first kappa shape index (κ1) is 14.7. The molecule has 2 aromatic heterocycles. The van der Waals surface area contributed by atoms with Crippen LogP contribution < -0.4 is 0 Å². The normalized spacial score (nSPS) is 14.6. The molecule has 0 atom stereocenters. The van der Waals surface area contributed by atoms with E-state index in [0.29, 0.717) is 6.54 Å². The molecule has 0 aliphatic carbocycles. The summed E-state index contributed by atoms with van der Waals surface area (Å²) < 4.78 is 1.07. The second-order valence-corrected chi connectivity index (χ2v) is 7.28. The molecule has 0 spiro atoms. The van der Waals surface area contributed by atoms with Gasteiger partial charge in [0.1, 0.15) is 0 Å². The third kappa shape index (κ3) is 2.75. The Hall–Kier alpha value is -1.85. The van der Waals surface area contributed by atoms with Gasteiger partial charge in [-0.15, -0.1) is 0 Å². The Labute approximate surface area is 146 Å². The van der Waals surface area contributed by atoms with Crippen LogP contribution in [0, 0.1) is 0 Å². The van der Waals surface area contributed by atoms with E-state index in [1.165, 1.54) is 16.6 Å². The predicted octanol–water partition coefficient (Wildman–Crippen LogP) is 4.59. The van der Waals surface area contributed by atoms with E-state index in [0.717, 1.165) is 28.5 Å². The Balaban J connectivity index is 1.60. The van der Waals surface area contributed by atoms with Crippen molar-refractivity contribution >= 4 is 50.2 Å².